The number of amides is 1. The highest BCUT2D eigenvalue weighted by Gasteiger charge is 2.21. The summed E-state index contributed by atoms with van der Waals surface area (Å²) in [6.45, 7) is 2.58. The van der Waals surface area contributed by atoms with Gasteiger partial charge in [-0.1, -0.05) is 11.8 Å². The molecular weight excluding hydrogens is 284 g/mol. The number of hydrogen-bond acceptors (Lipinski definition) is 5. The second-order valence-corrected chi connectivity index (χ2v) is 6.90. The van der Waals surface area contributed by atoms with Crippen molar-refractivity contribution < 1.29 is 14.7 Å². The molecule has 1 aromatic rings. The molecule has 0 bridgehead atoms. The predicted octanol–water partition coefficient (Wildman–Crippen LogP) is 1.70. The fraction of sp³-hybridized carbons (Fsp3) is 0.583. The van der Waals surface area contributed by atoms with Gasteiger partial charge in [-0.05, 0) is 25.7 Å². The van der Waals surface area contributed by atoms with Crippen LogP contribution in [0.2, 0.25) is 0 Å². The van der Waals surface area contributed by atoms with Gasteiger partial charge in [0.1, 0.15) is 0 Å². The van der Waals surface area contributed by atoms with E-state index in [1.807, 2.05) is 0 Å². The second-order valence-electron chi connectivity index (χ2n) is 4.60. The Morgan fingerprint density at radius 1 is 1.53 bits per heavy atom. The molecule has 1 saturated carbocycles. The van der Waals surface area contributed by atoms with Crippen LogP contribution in [-0.4, -0.2) is 34.3 Å². The molecule has 7 heteroatoms. The number of aliphatic carboxylic acids is 1. The molecule has 104 valence electrons. The van der Waals surface area contributed by atoms with Gasteiger partial charge in [-0.2, -0.15) is 0 Å². The number of hydrogen-bond donors (Lipinski definition) is 2. The molecule has 1 aliphatic rings. The van der Waals surface area contributed by atoms with Crippen LogP contribution in [0, 0.1) is 12.8 Å². The molecular formula is C12H16N2O3S2. The molecule has 1 heterocycles. The van der Waals surface area contributed by atoms with E-state index in [1.165, 1.54) is 35.9 Å². The van der Waals surface area contributed by atoms with Crippen LogP contribution in [0.1, 0.15) is 23.4 Å². The van der Waals surface area contributed by atoms with E-state index in [0.29, 0.717) is 11.7 Å². The molecule has 1 aliphatic carbocycles. The fourth-order valence-electron chi connectivity index (χ4n) is 1.52. The van der Waals surface area contributed by atoms with Crippen LogP contribution in [0.5, 0.6) is 0 Å². The van der Waals surface area contributed by atoms with Crippen LogP contribution in [0.25, 0.3) is 0 Å². The van der Waals surface area contributed by atoms with Gasteiger partial charge >= 0.3 is 5.97 Å². The molecule has 0 aliphatic heterocycles. The van der Waals surface area contributed by atoms with E-state index in [9.17, 15) is 9.59 Å². The number of carboxylic acid groups (broad SMARTS) is 1. The zero-order valence-corrected chi connectivity index (χ0v) is 12.3. The van der Waals surface area contributed by atoms with Gasteiger partial charge < -0.3 is 10.4 Å². The third-order valence-corrected chi connectivity index (χ3v) is 5.10. The number of carbonyl (C=O) groups excluding carboxylic acids is 1. The Hall–Kier alpha value is -1.08. The molecule has 0 saturated heterocycles. The summed E-state index contributed by atoms with van der Waals surface area (Å²) in [6.07, 6.45) is 2.44. The van der Waals surface area contributed by atoms with Gasteiger partial charge in [0.15, 0.2) is 4.34 Å². The molecule has 0 aromatic carbocycles. The third kappa shape index (κ3) is 4.83. The zero-order chi connectivity index (χ0) is 13.8. The SMILES string of the molecule is Cc1nc(SCC(=O)NCC2CC2)sc1CC(=O)O. The van der Waals surface area contributed by atoms with Crippen molar-refractivity contribution in [2.45, 2.75) is 30.5 Å². The van der Waals surface area contributed by atoms with E-state index >= 15 is 0 Å². The van der Waals surface area contributed by atoms with E-state index < -0.39 is 5.97 Å². The highest BCUT2D eigenvalue weighted by atomic mass is 32.2. The van der Waals surface area contributed by atoms with Gasteiger partial charge in [0.2, 0.25) is 5.91 Å². The molecule has 0 atom stereocenters. The van der Waals surface area contributed by atoms with Crippen molar-refractivity contribution in [1.82, 2.24) is 10.3 Å². The zero-order valence-electron chi connectivity index (χ0n) is 10.6. The van der Waals surface area contributed by atoms with E-state index in [2.05, 4.69) is 10.3 Å². The Morgan fingerprint density at radius 2 is 2.26 bits per heavy atom. The first-order valence-corrected chi connectivity index (χ1v) is 7.92. The molecule has 0 spiro atoms. The molecule has 1 amide bonds. The van der Waals surface area contributed by atoms with E-state index in [-0.39, 0.29) is 12.3 Å². The van der Waals surface area contributed by atoms with Gasteiger partial charge in [0.05, 0.1) is 17.9 Å². The van der Waals surface area contributed by atoms with Crippen molar-refractivity contribution in [3.63, 3.8) is 0 Å². The molecule has 2 N–H and O–H groups in total. The van der Waals surface area contributed by atoms with Crippen LogP contribution in [0.15, 0.2) is 4.34 Å². The highest BCUT2D eigenvalue weighted by molar-refractivity contribution is 8.01. The van der Waals surface area contributed by atoms with Crippen LogP contribution >= 0.6 is 23.1 Å². The minimum Gasteiger partial charge on any atom is -0.481 e. The summed E-state index contributed by atoms with van der Waals surface area (Å²) in [5, 5.41) is 11.6. The number of thioether (sulfide) groups is 1. The van der Waals surface area contributed by atoms with E-state index in [4.69, 9.17) is 5.11 Å². The first-order valence-electron chi connectivity index (χ1n) is 6.12. The van der Waals surface area contributed by atoms with Crippen molar-refractivity contribution in [2.24, 2.45) is 5.92 Å². The summed E-state index contributed by atoms with van der Waals surface area (Å²) >= 11 is 2.72. The lowest BCUT2D eigenvalue weighted by molar-refractivity contribution is -0.136. The molecule has 1 aromatic heterocycles. The number of rotatable bonds is 7. The lowest BCUT2D eigenvalue weighted by Gasteiger charge is -2.01. The number of aryl methyl sites for hydroxylation is 1. The number of nitrogens with one attached hydrogen (secondary N) is 1. The number of nitrogens with zero attached hydrogens (tertiary/aromatic N) is 1. The van der Waals surface area contributed by atoms with Crippen molar-refractivity contribution in [3.05, 3.63) is 10.6 Å². The number of thiazole rings is 1. The van der Waals surface area contributed by atoms with Crippen molar-refractivity contribution in [2.75, 3.05) is 12.3 Å². The molecule has 1 fully saturated rings. The smallest absolute Gasteiger partial charge is 0.308 e. The van der Waals surface area contributed by atoms with Gasteiger partial charge in [-0.15, -0.1) is 11.3 Å². The number of aromatic nitrogens is 1. The highest BCUT2D eigenvalue weighted by Crippen LogP contribution is 2.28. The van der Waals surface area contributed by atoms with E-state index in [1.54, 1.807) is 6.92 Å². The lowest BCUT2D eigenvalue weighted by Crippen LogP contribution is -2.27. The summed E-state index contributed by atoms with van der Waals surface area (Å²) in [7, 11) is 0. The maximum absolute atomic E-state index is 11.6. The number of carboxylic acids is 1. The normalized spacial score (nSPS) is 14.4. The maximum atomic E-state index is 11.6. The summed E-state index contributed by atoms with van der Waals surface area (Å²) < 4.78 is 0.760. The molecule has 19 heavy (non-hydrogen) atoms. The average molecular weight is 300 g/mol. The van der Waals surface area contributed by atoms with Crippen LogP contribution in [0.4, 0.5) is 0 Å². The first kappa shape index (κ1) is 14.3. The molecule has 2 rings (SSSR count). The Bertz CT molecular complexity index is 483. The van der Waals surface area contributed by atoms with Crippen LogP contribution in [-0.2, 0) is 16.0 Å². The Balaban J connectivity index is 1.78. The molecule has 0 radical (unpaired) electrons. The fourth-order valence-corrected chi connectivity index (χ4v) is 3.58. The van der Waals surface area contributed by atoms with Gasteiger partial charge in [-0.25, -0.2) is 4.98 Å². The predicted molar refractivity (Wildman–Crippen MR) is 74.6 cm³/mol. The topological polar surface area (TPSA) is 79.3 Å². The monoisotopic (exact) mass is 300 g/mol. The minimum absolute atomic E-state index is 0.00205. The summed E-state index contributed by atoms with van der Waals surface area (Å²) in [5.41, 5.74) is 0.744. The van der Waals surface area contributed by atoms with E-state index in [0.717, 1.165) is 21.5 Å². The minimum atomic E-state index is -0.856. The summed E-state index contributed by atoms with van der Waals surface area (Å²) in [5.74, 6) is 0.180. The maximum Gasteiger partial charge on any atom is 0.308 e. The number of carbonyl (C=O) groups is 2. The lowest BCUT2D eigenvalue weighted by atomic mass is 10.3. The van der Waals surface area contributed by atoms with Gasteiger partial charge in [0, 0.05) is 11.4 Å². The molecule has 5 nitrogen and oxygen atoms in total. The van der Waals surface area contributed by atoms with Crippen molar-refractivity contribution in [1.29, 1.82) is 0 Å². The summed E-state index contributed by atoms with van der Waals surface area (Å²) in [6, 6.07) is 0. The van der Waals surface area contributed by atoms with Crippen molar-refractivity contribution in [3.8, 4) is 0 Å². The second kappa shape index (κ2) is 6.38. The Labute approximate surface area is 119 Å². The molecule has 0 unspecified atom stereocenters. The van der Waals surface area contributed by atoms with Gasteiger partial charge in [0.25, 0.3) is 0 Å². The third-order valence-electron chi connectivity index (χ3n) is 2.80. The standard InChI is InChI=1S/C12H16N2O3S2/c1-7-9(4-11(16)17)19-12(14-7)18-6-10(15)13-5-8-2-3-8/h8H,2-6H2,1H3,(H,13,15)(H,16,17). The van der Waals surface area contributed by atoms with Gasteiger partial charge in [-0.3, -0.25) is 9.59 Å². The summed E-state index contributed by atoms with van der Waals surface area (Å²) in [4.78, 5) is 27.3. The quantitative estimate of drug-likeness (QED) is 0.749. The van der Waals surface area contributed by atoms with Crippen molar-refractivity contribution >= 4 is 35.0 Å². The first-order chi connectivity index (χ1) is 9.04. The van der Waals surface area contributed by atoms with Crippen LogP contribution < -0.4 is 5.32 Å². The van der Waals surface area contributed by atoms with Crippen LogP contribution in [0.3, 0.4) is 0 Å². The Kier molecular flexibility index (Phi) is 4.81. The Morgan fingerprint density at radius 3 is 2.89 bits per heavy atom. The average Bonchev–Trinajstić information content (AvgIpc) is 3.10. The largest absolute Gasteiger partial charge is 0.481 e.